The number of hydrogen-bond donors (Lipinski definition) is 2. The molecule has 0 unspecified atom stereocenters. The Hall–Kier alpha value is -1.40. The van der Waals surface area contributed by atoms with Gasteiger partial charge in [0, 0.05) is 13.0 Å². The monoisotopic (exact) mass is 302 g/mol. The van der Waals surface area contributed by atoms with E-state index >= 15 is 0 Å². The van der Waals surface area contributed by atoms with Crippen LogP contribution >= 0.6 is 0 Å². The maximum atomic E-state index is 11.8. The first kappa shape index (κ1) is 15.7. The van der Waals surface area contributed by atoms with Gasteiger partial charge in [-0.2, -0.15) is 0 Å². The fraction of sp³-hybridized carbons (Fsp3) is 0.273. The Morgan fingerprint density at radius 1 is 1.11 bits per heavy atom. The highest BCUT2D eigenvalue weighted by Gasteiger charge is 2.14. The molecule has 104 valence electrons. The second-order valence-corrected chi connectivity index (χ2v) is 6.92. The molecule has 0 aliphatic carbocycles. The number of sulfonamides is 2. The Morgan fingerprint density at radius 2 is 1.63 bits per heavy atom. The lowest BCUT2D eigenvalue weighted by Crippen LogP contribution is -2.24. The minimum absolute atomic E-state index is 0.0237. The molecule has 1 rings (SSSR count). The number of nitrogens with one attached hydrogen (secondary N) is 1. The lowest BCUT2D eigenvalue weighted by atomic mass is 10.4. The van der Waals surface area contributed by atoms with Gasteiger partial charge in [-0.3, -0.25) is 0 Å². The molecular formula is C11H14N2O4S2. The van der Waals surface area contributed by atoms with Gasteiger partial charge in [-0.1, -0.05) is 0 Å². The van der Waals surface area contributed by atoms with Crippen LogP contribution in [-0.2, 0) is 20.0 Å². The van der Waals surface area contributed by atoms with Crippen molar-refractivity contribution in [1.82, 2.24) is 4.72 Å². The van der Waals surface area contributed by atoms with Gasteiger partial charge in [0.05, 0.1) is 9.79 Å². The van der Waals surface area contributed by atoms with Crippen molar-refractivity contribution in [3.05, 3.63) is 24.3 Å². The fourth-order valence-corrected chi connectivity index (χ4v) is 2.81. The first-order valence-corrected chi connectivity index (χ1v) is 8.32. The smallest absolute Gasteiger partial charge is 0.225 e. The molecule has 0 atom stereocenters. The summed E-state index contributed by atoms with van der Waals surface area (Å²) in [6.45, 7) is 1.86. The highest BCUT2D eigenvalue weighted by molar-refractivity contribution is 7.89. The molecule has 1 aromatic rings. The average molecular weight is 302 g/mol. The van der Waals surface area contributed by atoms with E-state index in [4.69, 9.17) is 5.14 Å². The van der Waals surface area contributed by atoms with Crippen molar-refractivity contribution in [3.8, 4) is 11.8 Å². The molecule has 0 saturated heterocycles. The summed E-state index contributed by atoms with van der Waals surface area (Å²) >= 11 is 0. The number of primary sulfonamides is 1. The van der Waals surface area contributed by atoms with Crippen molar-refractivity contribution >= 4 is 20.0 Å². The summed E-state index contributed by atoms with van der Waals surface area (Å²) in [4.78, 5) is -0.160. The molecule has 0 saturated carbocycles. The Labute approximate surface area is 113 Å². The molecule has 0 fully saturated rings. The second kappa shape index (κ2) is 6.16. The van der Waals surface area contributed by atoms with Crippen molar-refractivity contribution in [1.29, 1.82) is 0 Å². The van der Waals surface area contributed by atoms with Gasteiger partial charge < -0.3 is 0 Å². The molecule has 0 amide bonds. The maximum Gasteiger partial charge on any atom is 0.240 e. The maximum absolute atomic E-state index is 11.8. The van der Waals surface area contributed by atoms with Gasteiger partial charge >= 0.3 is 0 Å². The lowest BCUT2D eigenvalue weighted by Gasteiger charge is -2.05. The molecule has 19 heavy (non-hydrogen) atoms. The molecule has 0 bridgehead atoms. The quantitative estimate of drug-likeness (QED) is 0.591. The summed E-state index contributed by atoms with van der Waals surface area (Å²) in [6, 6.07) is 4.67. The molecule has 1 aromatic carbocycles. The van der Waals surface area contributed by atoms with Crippen molar-refractivity contribution in [3.63, 3.8) is 0 Å². The normalized spacial score (nSPS) is 11.7. The van der Waals surface area contributed by atoms with Crippen LogP contribution in [0.2, 0.25) is 0 Å². The Morgan fingerprint density at radius 3 is 2.11 bits per heavy atom. The predicted octanol–water partition coefficient (Wildman–Crippen LogP) is 0.0257. The van der Waals surface area contributed by atoms with Gasteiger partial charge in [0.25, 0.3) is 0 Å². The third kappa shape index (κ3) is 4.65. The number of benzene rings is 1. The molecule has 0 aliphatic heterocycles. The van der Waals surface area contributed by atoms with Crippen molar-refractivity contribution < 1.29 is 16.8 Å². The largest absolute Gasteiger partial charge is 0.240 e. The van der Waals surface area contributed by atoms with Crippen LogP contribution in [-0.4, -0.2) is 23.4 Å². The van der Waals surface area contributed by atoms with E-state index in [0.29, 0.717) is 6.42 Å². The van der Waals surface area contributed by atoms with Gasteiger partial charge in [0.15, 0.2) is 0 Å². The zero-order valence-electron chi connectivity index (χ0n) is 10.3. The van der Waals surface area contributed by atoms with E-state index in [1.54, 1.807) is 6.92 Å². The van der Waals surface area contributed by atoms with Gasteiger partial charge in [-0.15, -0.1) is 11.8 Å². The van der Waals surface area contributed by atoms with Gasteiger partial charge in [-0.05, 0) is 31.2 Å². The predicted molar refractivity (Wildman–Crippen MR) is 71.1 cm³/mol. The molecule has 0 aromatic heterocycles. The summed E-state index contributed by atoms with van der Waals surface area (Å²) < 4.78 is 48.1. The Balaban J connectivity index is 2.87. The molecule has 0 aliphatic rings. The van der Waals surface area contributed by atoms with E-state index in [1.807, 2.05) is 0 Å². The highest BCUT2D eigenvalue weighted by atomic mass is 32.2. The summed E-state index contributed by atoms with van der Waals surface area (Å²) in [6.07, 6.45) is 0.408. The summed E-state index contributed by atoms with van der Waals surface area (Å²) in [7, 11) is -7.48. The van der Waals surface area contributed by atoms with Gasteiger partial charge in [0.2, 0.25) is 20.0 Å². The number of rotatable bonds is 5. The van der Waals surface area contributed by atoms with E-state index in [-0.39, 0.29) is 16.3 Å². The molecule has 0 spiro atoms. The van der Waals surface area contributed by atoms with Crippen LogP contribution in [0.15, 0.2) is 34.1 Å². The van der Waals surface area contributed by atoms with E-state index in [1.165, 1.54) is 12.1 Å². The van der Waals surface area contributed by atoms with E-state index in [0.717, 1.165) is 12.1 Å². The van der Waals surface area contributed by atoms with Crippen LogP contribution in [0.5, 0.6) is 0 Å². The SMILES string of the molecule is CC#CCCNS(=O)(=O)c1ccc(S(N)(=O)=O)cc1. The van der Waals surface area contributed by atoms with Crippen LogP contribution in [0.25, 0.3) is 0 Å². The van der Waals surface area contributed by atoms with Gasteiger partial charge in [0.1, 0.15) is 0 Å². The molecule has 6 nitrogen and oxygen atoms in total. The summed E-state index contributed by atoms with van der Waals surface area (Å²) in [5.74, 6) is 5.38. The molecule has 0 radical (unpaired) electrons. The molecule has 3 N–H and O–H groups in total. The van der Waals surface area contributed by atoms with Crippen LogP contribution in [0.3, 0.4) is 0 Å². The van der Waals surface area contributed by atoms with Crippen molar-refractivity contribution in [2.45, 2.75) is 23.1 Å². The lowest BCUT2D eigenvalue weighted by molar-refractivity contribution is 0.581. The zero-order chi connectivity index (χ0) is 14.5. The Bertz CT molecular complexity index is 695. The van der Waals surface area contributed by atoms with Crippen LogP contribution in [0, 0.1) is 11.8 Å². The fourth-order valence-electron chi connectivity index (χ4n) is 1.26. The minimum atomic E-state index is -3.82. The van der Waals surface area contributed by atoms with E-state index in [9.17, 15) is 16.8 Å². The van der Waals surface area contributed by atoms with E-state index < -0.39 is 20.0 Å². The molecule has 0 heterocycles. The molecule has 8 heteroatoms. The summed E-state index contributed by atoms with van der Waals surface area (Å²) in [5.41, 5.74) is 0. The first-order valence-electron chi connectivity index (χ1n) is 5.29. The third-order valence-electron chi connectivity index (χ3n) is 2.18. The van der Waals surface area contributed by atoms with Gasteiger partial charge in [-0.25, -0.2) is 26.7 Å². The first-order chi connectivity index (χ1) is 8.77. The standard InChI is InChI=1S/C11H14N2O4S2/c1-2-3-4-9-13-19(16,17)11-7-5-10(6-8-11)18(12,14)15/h5-8,13H,4,9H2,1H3,(H2,12,14,15). The van der Waals surface area contributed by atoms with Crippen molar-refractivity contribution in [2.24, 2.45) is 5.14 Å². The van der Waals surface area contributed by atoms with Crippen LogP contribution in [0.1, 0.15) is 13.3 Å². The van der Waals surface area contributed by atoms with E-state index in [2.05, 4.69) is 16.6 Å². The van der Waals surface area contributed by atoms with Crippen LogP contribution in [0.4, 0.5) is 0 Å². The number of hydrogen-bond acceptors (Lipinski definition) is 4. The Kier molecular flexibility index (Phi) is 5.08. The molecular weight excluding hydrogens is 288 g/mol. The van der Waals surface area contributed by atoms with Crippen molar-refractivity contribution in [2.75, 3.05) is 6.54 Å². The number of nitrogens with two attached hydrogens (primary N) is 1. The minimum Gasteiger partial charge on any atom is -0.225 e. The second-order valence-electron chi connectivity index (χ2n) is 3.59. The van der Waals surface area contributed by atoms with Crippen LogP contribution < -0.4 is 9.86 Å². The topological polar surface area (TPSA) is 106 Å². The average Bonchev–Trinajstić information content (AvgIpc) is 2.34. The third-order valence-corrected chi connectivity index (χ3v) is 4.59. The summed E-state index contributed by atoms with van der Waals surface area (Å²) in [5, 5.41) is 4.92. The highest BCUT2D eigenvalue weighted by Crippen LogP contribution is 2.13. The zero-order valence-corrected chi connectivity index (χ0v) is 11.9.